The van der Waals surface area contributed by atoms with Crippen LogP contribution in [0.25, 0.3) is 0 Å². The Kier molecular flexibility index (Phi) is 6.03. The fourth-order valence-corrected chi connectivity index (χ4v) is 2.07. The first-order valence-corrected chi connectivity index (χ1v) is 7.27. The van der Waals surface area contributed by atoms with Crippen LogP contribution in [0.2, 0.25) is 0 Å². The van der Waals surface area contributed by atoms with Crippen molar-refractivity contribution in [1.82, 2.24) is 5.32 Å². The minimum atomic E-state index is -0.280. The Morgan fingerprint density at radius 2 is 1.83 bits per heavy atom. The molecule has 0 atom stereocenters. The van der Waals surface area contributed by atoms with Crippen LogP contribution >= 0.6 is 0 Å². The minimum Gasteiger partial charge on any atom is -0.493 e. The molecule has 24 heavy (non-hydrogen) atoms. The Hall–Kier alpha value is -3.20. The summed E-state index contributed by atoms with van der Waals surface area (Å²) in [7, 11) is 3.12. The Balaban J connectivity index is 1.88. The molecule has 1 N–H and O–H groups in total. The molecule has 0 heterocycles. The maximum Gasteiger partial charge on any atom is 0.258 e. The number of methoxy groups -OCH3 is 2. The Bertz CT molecular complexity index is 753. The second kappa shape index (κ2) is 8.44. The molecule has 0 fully saturated rings. The van der Waals surface area contributed by atoms with Gasteiger partial charge in [0.05, 0.1) is 19.8 Å². The monoisotopic (exact) mass is 326 g/mol. The van der Waals surface area contributed by atoms with Crippen LogP contribution in [0.15, 0.2) is 42.5 Å². The average molecular weight is 326 g/mol. The third-order valence-electron chi connectivity index (χ3n) is 3.30. The zero-order chi connectivity index (χ0) is 17.4. The first-order valence-electron chi connectivity index (χ1n) is 7.27. The van der Waals surface area contributed by atoms with Crippen LogP contribution < -0.4 is 19.5 Å². The highest BCUT2D eigenvalue weighted by Gasteiger charge is 2.08. The van der Waals surface area contributed by atoms with E-state index < -0.39 is 0 Å². The summed E-state index contributed by atoms with van der Waals surface area (Å²) < 4.78 is 15.8. The van der Waals surface area contributed by atoms with Crippen molar-refractivity contribution in [1.29, 1.82) is 5.26 Å². The molecule has 6 heteroatoms. The lowest BCUT2D eigenvalue weighted by atomic mass is 10.2. The number of benzene rings is 2. The molecule has 0 bridgehead atoms. The standard InChI is InChI=1S/C18H18N2O4/c1-22-16-8-7-13(9-17(16)23-2)11-20-18(21)12-24-15-6-4-3-5-14(15)10-19/h3-9H,11-12H2,1-2H3,(H,20,21). The van der Waals surface area contributed by atoms with Crippen molar-refractivity contribution in [2.24, 2.45) is 0 Å². The maximum absolute atomic E-state index is 11.9. The molecule has 0 aliphatic carbocycles. The molecule has 0 aliphatic heterocycles. The van der Waals surface area contributed by atoms with Crippen molar-refractivity contribution in [3.05, 3.63) is 53.6 Å². The number of nitrogens with zero attached hydrogens (tertiary/aromatic N) is 1. The van der Waals surface area contributed by atoms with Crippen molar-refractivity contribution >= 4 is 5.91 Å². The molecule has 2 aromatic carbocycles. The van der Waals surface area contributed by atoms with Crippen LogP contribution in [0.3, 0.4) is 0 Å². The molecule has 6 nitrogen and oxygen atoms in total. The summed E-state index contributed by atoms with van der Waals surface area (Å²) in [4.78, 5) is 11.9. The zero-order valence-electron chi connectivity index (χ0n) is 13.5. The number of para-hydroxylation sites is 1. The fourth-order valence-electron chi connectivity index (χ4n) is 2.07. The van der Waals surface area contributed by atoms with Gasteiger partial charge >= 0.3 is 0 Å². The van der Waals surface area contributed by atoms with Gasteiger partial charge in [-0.3, -0.25) is 4.79 Å². The quantitative estimate of drug-likeness (QED) is 0.844. The van der Waals surface area contributed by atoms with Crippen molar-refractivity contribution in [3.63, 3.8) is 0 Å². The molecule has 0 unspecified atom stereocenters. The predicted octanol–water partition coefficient (Wildman–Crippen LogP) is 2.27. The highest BCUT2D eigenvalue weighted by atomic mass is 16.5. The van der Waals surface area contributed by atoms with Crippen LogP contribution in [0.4, 0.5) is 0 Å². The zero-order valence-corrected chi connectivity index (χ0v) is 13.5. The average Bonchev–Trinajstić information content (AvgIpc) is 2.64. The van der Waals surface area contributed by atoms with Crippen molar-refractivity contribution in [2.75, 3.05) is 20.8 Å². The second-order valence-corrected chi connectivity index (χ2v) is 4.86. The van der Waals surface area contributed by atoms with Gasteiger partial charge in [-0.15, -0.1) is 0 Å². The number of hydrogen-bond acceptors (Lipinski definition) is 5. The normalized spacial score (nSPS) is 9.71. The van der Waals surface area contributed by atoms with E-state index in [4.69, 9.17) is 19.5 Å². The topological polar surface area (TPSA) is 80.6 Å². The molecule has 0 aromatic heterocycles. The summed E-state index contributed by atoms with van der Waals surface area (Å²) in [6, 6.07) is 14.2. The molecule has 1 amide bonds. The largest absolute Gasteiger partial charge is 0.493 e. The van der Waals surface area contributed by atoms with E-state index >= 15 is 0 Å². The lowest BCUT2D eigenvalue weighted by molar-refractivity contribution is -0.123. The van der Waals surface area contributed by atoms with Gasteiger partial charge in [-0.2, -0.15) is 5.26 Å². The van der Waals surface area contributed by atoms with E-state index in [0.29, 0.717) is 29.4 Å². The van der Waals surface area contributed by atoms with Crippen molar-refractivity contribution in [2.45, 2.75) is 6.54 Å². The van der Waals surface area contributed by atoms with Gasteiger partial charge in [0, 0.05) is 6.54 Å². The van der Waals surface area contributed by atoms with Crippen LogP contribution in [-0.2, 0) is 11.3 Å². The third kappa shape index (κ3) is 4.40. The third-order valence-corrected chi connectivity index (χ3v) is 3.30. The molecule has 0 aliphatic rings. The summed E-state index contributed by atoms with van der Waals surface area (Å²) in [5, 5.41) is 11.7. The SMILES string of the molecule is COc1ccc(CNC(=O)COc2ccccc2C#N)cc1OC. The van der Waals surface area contributed by atoms with Gasteiger partial charge in [-0.25, -0.2) is 0 Å². The van der Waals surface area contributed by atoms with Crippen LogP contribution in [-0.4, -0.2) is 26.7 Å². The lowest BCUT2D eigenvalue weighted by Crippen LogP contribution is -2.28. The van der Waals surface area contributed by atoms with Gasteiger partial charge in [0.2, 0.25) is 0 Å². The fraction of sp³-hybridized carbons (Fsp3) is 0.222. The van der Waals surface area contributed by atoms with E-state index in [-0.39, 0.29) is 12.5 Å². The summed E-state index contributed by atoms with van der Waals surface area (Å²) >= 11 is 0. The summed E-state index contributed by atoms with van der Waals surface area (Å²) in [5.74, 6) is 1.34. The number of rotatable bonds is 7. The van der Waals surface area contributed by atoms with Crippen molar-refractivity contribution < 1.29 is 19.0 Å². The predicted molar refractivity (Wildman–Crippen MR) is 88.0 cm³/mol. The molecule has 0 radical (unpaired) electrons. The number of hydrogen-bond donors (Lipinski definition) is 1. The van der Waals surface area contributed by atoms with Gasteiger partial charge in [0.1, 0.15) is 11.8 Å². The number of nitrogens with one attached hydrogen (secondary N) is 1. The summed E-state index contributed by atoms with van der Waals surface area (Å²) in [6.45, 7) is 0.175. The first-order chi connectivity index (χ1) is 11.7. The Morgan fingerprint density at radius 3 is 2.54 bits per heavy atom. The second-order valence-electron chi connectivity index (χ2n) is 4.86. The van der Waals surface area contributed by atoms with Gasteiger partial charge in [0.25, 0.3) is 5.91 Å². The molecule has 0 spiro atoms. The van der Waals surface area contributed by atoms with E-state index in [1.54, 1.807) is 50.6 Å². The van der Waals surface area contributed by atoms with Gasteiger partial charge < -0.3 is 19.5 Å². The minimum absolute atomic E-state index is 0.161. The van der Waals surface area contributed by atoms with Crippen LogP contribution in [0.5, 0.6) is 17.2 Å². The molecule has 2 rings (SSSR count). The molecule has 0 saturated carbocycles. The number of carbonyl (C=O) groups excluding carboxylic acids is 1. The first kappa shape index (κ1) is 17.2. The van der Waals surface area contributed by atoms with Crippen molar-refractivity contribution in [3.8, 4) is 23.3 Å². The Morgan fingerprint density at radius 1 is 1.08 bits per heavy atom. The van der Waals surface area contributed by atoms with Crippen LogP contribution in [0, 0.1) is 11.3 Å². The molecular formula is C18H18N2O4. The molecule has 2 aromatic rings. The van der Waals surface area contributed by atoms with Gasteiger partial charge in [-0.05, 0) is 29.8 Å². The van der Waals surface area contributed by atoms with Crippen LogP contribution in [0.1, 0.15) is 11.1 Å². The maximum atomic E-state index is 11.9. The van der Waals surface area contributed by atoms with E-state index in [9.17, 15) is 4.79 Å². The molecule has 0 saturated heterocycles. The van der Waals surface area contributed by atoms with Gasteiger partial charge in [0.15, 0.2) is 18.1 Å². The van der Waals surface area contributed by atoms with Gasteiger partial charge in [-0.1, -0.05) is 18.2 Å². The highest BCUT2D eigenvalue weighted by molar-refractivity contribution is 5.77. The number of nitriles is 1. The highest BCUT2D eigenvalue weighted by Crippen LogP contribution is 2.27. The van der Waals surface area contributed by atoms with E-state index in [1.165, 1.54) is 0 Å². The summed E-state index contributed by atoms with van der Waals surface area (Å²) in [5.41, 5.74) is 1.27. The molecular weight excluding hydrogens is 308 g/mol. The number of ether oxygens (including phenoxy) is 3. The van der Waals surface area contributed by atoms with E-state index in [0.717, 1.165) is 5.56 Å². The lowest BCUT2D eigenvalue weighted by Gasteiger charge is -2.11. The number of amides is 1. The summed E-state index contributed by atoms with van der Waals surface area (Å²) in [6.07, 6.45) is 0. The van der Waals surface area contributed by atoms with E-state index in [2.05, 4.69) is 5.32 Å². The molecule has 124 valence electrons. The Labute approximate surface area is 140 Å². The van der Waals surface area contributed by atoms with E-state index in [1.807, 2.05) is 12.1 Å². The smallest absolute Gasteiger partial charge is 0.258 e. The number of carbonyl (C=O) groups is 1.